The van der Waals surface area contributed by atoms with E-state index in [1.165, 1.54) is 24.8 Å². The van der Waals surface area contributed by atoms with Crippen molar-refractivity contribution in [1.29, 1.82) is 0 Å². The summed E-state index contributed by atoms with van der Waals surface area (Å²) < 4.78 is 0. The third kappa shape index (κ3) is 4.69. The van der Waals surface area contributed by atoms with Crippen LogP contribution in [0.5, 0.6) is 0 Å². The van der Waals surface area contributed by atoms with Crippen LogP contribution in [0, 0.1) is 35.5 Å². The van der Waals surface area contributed by atoms with E-state index in [2.05, 4.69) is 17.9 Å². The van der Waals surface area contributed by atoms with Crippen LogP contribution in [-0.4, -0.2) is 33.5 Å². The molecule has 0 amide bonds. The minimum Gasteiger partial charge on any atom is -0.481 e. The molecule has 5 atom stereocenters. The Kier molecular flexibility index (Phi) is 6.78. The highest BCUT2D eigenvalue weighted by Gasteiger charge is 2.46. The fraction of sp³-hybridized carbons (Fsp3) is 0.773. The smallest absolute Gasteiger partial charge is 0.303 e. The molecule has 3 saturated carbocycles. The maximum Gasteiger partial charge on any atom is 0.303 e. The van der Waals surface area contributed by atoms with Crippen LogP contribution < -0.4 is 0 Å². The van der Waals surface area contributed by atoms with Crippen molar-refractivity contribution in [1.82, 2.24) is 0 Å². The van der Waals surface area contributed by atoms with Gasteiger partial charge in [-0.05, 0) is 62.7 Å². The summed E-state index contributed by atoms with van der Waals surface area (Å²) in [6.45, 7) is 0. The van der Waals surface area contributed by atoms with Crippen molar-refractivity contribution in [3.8, 4) is 11.8 Å². The van der Waals surface area contributed by atoms with Crippen LogP contribution >= 0.6 is 0 Å². The van der Waals surface area contributed by atoms with Gasteiger partial charge in [0.05, 0.1) is 12.0 Å². The monoisotopic (exact) mass is 360 g/mol. The van der Waals surface area contributed by atoms with Crippen molar-refractivity contribution >= 4 is 5.97 Å². The molecule has 3 fully saturated rings. The van der Waals surface area contributed by atoms with Gasteiger partial charge in [-0.2, -0.15) is 0 Å². The maximum absolute atomic E-state index is 10.6. The van der Waals surface area contributed by atoms with Crippen molar-refractivity contribution in [2.45, 2.75) is 82.8 Å². The van der Waals surface area contributed by atoms with Gasteiger partial charge >= 0.3 is 5.97 Å². The van der Waals surface area contributed by atoms with E-state index in [0.29, 0.717) is 24.2 Å². The average Bonchev–Trinajstić information content (AvgIpc) is 2.62. The van der Waals surface area contributed by atoms with Gasteiger partial charge in [-0.1, -0.05) is 42.8 Å². The summed E-state index contributed by atoms with van der Waals surface area (Å²) in [4.78, 5) is 10.6. The third-order valence-corrected chi connectivity index (χ3v) is 6.61. The van der Waals surface area contributed by atoms with Crippen LogP contribution in [0.25, 0.3) is 0 Å². The zero-order valence-electron chi connectivity index (χ0n) is 15.6. The van der Waals surface area contributed by atoms with Gasteiger partial charge in [-0.3, -0.25) is 4.79 Å². The average molecular weight is 360 g/mol. The fourth-order valence-electron chi connectivity index (χ4n) is 5.00. The van der Waals surface area contributed by atoms with Crippen molar-refractivity contribution in [3.05, 3.63) is 11.6 Å². The summed E-state index contributed by atoms with van der Waals surface area (Å²) in [5.41, 5.74) is 1.42. The molecule has 144 valence electrons. The molecule has 0 aromatic heterocycles. The van der Waals surface area contributed by atoms with Gasteiger partial charge in [0.15, 0.2) is 0 Å². The topological polar surface area (TPSA) is 77.8 Å². The highest BCUT2D eigenvalue weighted by molar-refractivity contribution is 5.66. The van der Waals surface area contributed by atoms with E-state index < -0.39 is 12.1 Å². The van der Waals surface area contributed by atoms with Crippen LogP contribution in [0.1, 0.15) is 70.6 Å². The Morgan fingerprint density at radius 2 is 1.96 bits per heavy atom. The van der Waals surface area contributed by atoms with Crippen molar-refractivity contribution < 1.29 is 20.1 Å². The number of aliphatic carboxylic acids is 1. The standard InChI is InChI=1S/C22H32O4/c23-20(15-6-2-1-3-7-15)12-11-18-19-14-16(8-4-5-9-22(25)26)17(19)10-13-21(18)24/h8,15,17-21,23-24H,1-7,9-10,13-14H2,(H,25,26)/t17-,18-,19+,20?,21-/m1/s1. The van der Waals surface area contributed by atoms with Gasteiger partial charge in [-0.25, -0.2) is 0 Å². The van der Waals surface area contributed by atoms with Crippen molar-refractivity contribution in [3.63, 3.8) is 0 Å². The number of rotatable bonds is 5. The van der Waals surface area contributed by atoms with Crippen LogP contribution in [0.3, 0.4) is 0 Å². The molecule has 0 bridgehead atoms. The lowest BCUT2D eigenvalue weighted by atomic mass is 9.57. The molecule has 3 rings (SSSR count). The summed E-state index contributed by atoms with van der Waals surface area (Å²) >= 11 is 0. The Morgan fingerprint density at radius 1 is 1.19 bits per heavy atom. The Bertz CT molecular complexity index is 579. The van der Waals surface area contributed by atoms with Crippen molar-refractivity contribution in [2.24, 2.45) is 23.7 Å². The molecule has 4 nitrogen and oxygen atoms in total. The van der Waals surface area contributed by atoms with Crippen LogP contribution in [0.2, 0.25) is 0 Å². The molecule has 0 spiro atoms. The molecular weight excluding hydrogens is 328 g/mol. The molecule has 0 heterocycles. The van der Waals surface area contributed by atoms with Gasteiger partial charge in [0, 0.05) is 6.42 Å². The zero-order chi connectivity index (χ0) is 18.5. The van der Waals surface area contributed by atoms with Gasteiger partial charge in [0.25, 0.3) is 0 Å². The highest BCUT2D eigenvalue weighted by atomic mass is 16.4. The summed E-state index contributed by atoms with van der Waals surface area (Å²) in [6, 6.07) is 0. The molecule has 0 aliphatic heterocycles. The second-order valence-corrected chi connectivity index (χ2v) is 8.34. The molecule has 0 saturated heterocycles. The minimum atomic E-state index is -0.734. The van der Waals surface area contributed by atoms with E-state index in [0.717, 1.165) is 38.5 Å². The minimum absolute atomic E-state index is 0.0249. The lowest BCUT2D eigenvalue weighted by molar-refractivity contribution is -0.137. The number of aliphatic hydroxyl groups is 2. The van der Waals surface area contributed by atoms with E-state index in [1.807, 2.05) is 0 Å². The number of hydrogen-bond donors (Lipinski definition) is 3. The molecule has 3 aliphatic carbocycles. The predicted molar refractivity (Wildman–Crippen MR) is 100 cm³/mol. The summed E-state index contributed by atoms with van der Waals surface area (Å²) in [7, 11) is 0. The van der Waals surface area contributed by atoms with Gasteiger partial charge < -0.3 is 15.3 Å². The number of carboxylic acid groups (broad SMARTS) is 1. The van der Waals surface area contributed by atoms with Gasteiger partial charge in [0.2, 0.25) is 0 Å². The maximum atomic E-state index is 10.6. The summed E-state index contributed by atoms with van der Waals surface area (Å²) in [6.07, 6.45) is 11.5. The second kappa shape index (κ2) is 9.06. The zero-order valence-corrected chi connectivity index (χ0v) is 15.6. The van der Waals surface area contributed by atoms with Crippen molar-refractivity contribution in [2.75, 3.05) is 0 Å². The van der Waals surface area contributed by atoms with Crippen LogP contribution in [0.15, 0.2) is 11.6 Å². The number of allylic oxidation sites excluding steroid dienone is 2. The molecular formula is C22H32O4. The largest absolute Gasteiger partial charge is 0.481 e. The number of fused-ring (bicyclic) bond motifs is 1. The predicted octanol–water partition coefficient (Wildman–Crippen LogP) is 3.52. The number of aliphatic hydroxyl groups excluding tert-OH is 2. The molecule has 0 aromatic carbocycles. The molecule has 0 radical (unpaired) electrons. The molecule has 1 unspecified atom stereocenters. The first kappa shape index (κ1) is 19.5. The Hall–Kier alpha value is -1.31. The first-order valence-corrected chi connectivity index (χ1v) is 10.3. The summed E-state index contributed by atoms with van der Waals surface area (Å²) in [5, 5.41) is 29.5. The Morgan fingerprint density at radius 3 is 2.69 bits per heavy atom. The first-order chi connectivity index (χ1) is 12.6. The molecule has 3 N–H and O–H groups in total. The molecule has 3 aliphatic rings. The molecule has 26 heavy (non-hydrogen) atoms. The van der Waals surface area contributed by atoms with Crippen LogP contribution in [-0.2, 0) is 4.79 Å². The second-order valence-electron chi connectivity index (χ2n) is 8.34. The molecule has 4 heteroatoms. The lowest BCUT2D eigenvalue weighted by Crippen LogP contribution is -2.44. The van der Waals surface area contributed by atoms with E-state index in [1.54, 1.807) is 0 Å². The highest BCUT2D eigenvalue weighted by Crippen LogP contribution is 2.51. The quantitative estimate of drug-likeness (QED) is 0.398. The van der Waals surface area contributed by atoms with E-state index in [4.69, 9.17) is 5.11 Å². The number of carbonyl (C=O) groups is 1. The number of hydrogen-bond acceptors (Lipinski definition) is 3. The summed E-state index contributed by atoms with van der Waals surface area (Å²) in [5.74, 6) is 6.76. The van der Waals surface area contributed by atoms with Gasteiger partial charge in [-0.15, -0.1) is 0 Å². The number of unbranched alkanes of at least 4 members (excludes halogenated alkanes) is 1. The Labute approximate surface area is 156 Å². The van der Waals surface area contributed by atoms with E-state index in [9.17, 15) is 15.0 Å². The van der Waals surface area contributed by atoms with E-state index in [-0.39, 0.29) is 18.4 Å². The Balaban J connectivity index is 1.55. The van der Waals surface area contributed by atoms with E-state index >= 15 is 0 Å². The third-order valence-electron chi connectivity index (χ3n) is 6.61. The first-order valence-electron chi connectivity index (χ1n) is 10.3. The molecule has 0 aromatic rings. The normalized spacial score (nSPS) is 34.3. The fourth-order valence-corrected chi connectivity index (χ4v) is 5.00. The number of carboxylic acids is 1. The lowest BCUT2D eigenvalue weighted by Gasteiger charge is -2.48. The SMILES string of the molecule is O=C(O)CCCC=C1C[C@@H]2[C@@H](C#CC(O)C3CCCCC3)[C@H](O)CC[C@H]12. The van der Waals surface area contributed by atoms with Gasteiger partial charge in [0.1, 0.15) is 6.10 Å². The van der Waals surface area contributed by atoms with Crippen LogP contribution in [0.4, 0.5) is 0 Å².